The van der Waals surface area contributed by atoms with Gasteiger partial charge in [-0.15, -0.1) is 13.2 Å². The predicted molar refractivity (Wildman–Crippen MR) is 99.6 cm³/mol. The first-order chi connectivity index (χ1) is 14.4. The van der Waals surface area contributed by atoms with Crippen LogP contribution in [0.5, 0.6) is 11.5 Å². The number of ether oxygens (including phenoxy) is 1. The van der Waals surface area contributed by atoms with Crippen molar-refractivity contribution in [3.8, 4) is 22.6 Å². The fraction of sp³-hybridized carbons (Fsp3) is 0.0952. The van der Waals surface area contributed by atoms with E-state index in [0.717, 1.165) is 30.3 Å². The Bertz CT molecular complexity index is 1090. The molecule has 10 heteroatoms. The van der Waals surface area contributed by atoms with E-state index >= 15 is 0 Å². The van der Waals surface area contributed by atoms with Crippen LogP contribution in [-0.2, 0) is 6.18 Å². The molecule has 0 bridgehead atoms. The number of aromatic hydroxyl groups is 1. The lowest BCUT2D eigenvalue weighted by molar-refractivity contribution is -0.274. The summed E-state index contributed by atoms with van der Waals surface area (Å²) in [6.07, 6.45) is -9.40. The monoisotopic (exact) mass is 441 g/mol. The Hall–Kier alpha value is -3.69. The highest BCUT2D eigenvalue weighted by Crippen LogP contribution is 2.32. The van der Waals surface area contributed by atoms with Gasteiger partial charge in [0.1, 0.15) is 11.5 Å². The van der Waals surface area contributed by atoms with Crippen LogP contribution in [-0.4, -0.2) is 17.4 Å². The highest BCUT2D eigenvalue weighted by Gasteiger charge is 2.31. The fourth-order valence-corrected chi connectivity index (χ4v) is 2.72. The summed E-state index contributed by atoms with van der Waals surface area (Å²) in [5.41, 5.74) is -0.411. The minimum atomic E-state index is -4.82. The van der Waals surface area contributed by atoms with Crippen molar-refractivity contribution < 1.29 is 41.0 Å². The molecule has 0 heterocycles. The summed E-state index contributed by atoms with van der Waals surface area (Å²) in [5, 5.41) is 12.5. The third-order valence-corrected chi connectivity index (χ3v) is 4.11. The van der Waals surface area contributed by atoms with Crippen molar-refractivity contribution in [2.24, 2.45) is 0 Å². The number of phenolic OH excluding ortho intramolecular Hbond substituents is 1. The Kier molecular flexibility index (Phi) is 5.83. The second kappa shape index (κ2) is 8.21. The number of carbonyl (C=O) groups excluding carboxylic acids is 1. The van der Waals surface area contributed by atoms with E-state index in [2.05, 4.69) is 10.1 Å². The number of anilines is 1. The minimum Gasteiger partial charge on any atom is -0.507 e. The number of halogens is 6. The van der Waals surface area contributed by atoms with Crippen LogP contribution >= 0.6 is 0 Å². The zero-order chi connectivity index (χ0) is 22.8. The average molecular weight is 441 g/mol. The molecule has 0 radical (unpaired) electrons. The van der Waals surface area contributed by atoms with Gasteiger partial charge in [0.25, 0.3) is 5.91 Å². The van der Waals surface area contributed by atoms with Crippen LogP contribution in [0.1, 0.15) is 15.9 Å². The molecule has 2 N–H and O–H groups in total. The first-order valence-electron chi connectivity index (χ1n) is 8.60. The van der Waals surface area contributed by atoms with Gasteiger partial charge in [0.15, 0.2) is 0 Å². The second-order valence-electron chi connectivity index (χ2n) is 6.34. The lowest BCUT2D eigenvalue weighted by atomic mass is 10.0. The van der Waals surface area contributed by atoms with Gasteiger partial charge in [0.2, 0.25) is 0 Å². The molecular weight excluding hydrogens is 428 g/mol. The molecule has 0 fully saturated rings. The zero-order valence-electron chi connectivity index (χ0n) is 15.4. The summed E-state index contributed by atoms with van der Waals surface area (Å²) in [6.45, 7) is 0. The topological polar surface area (TPSA) is 58.6 Å². The Labute approximate surface area is 171 Å². The number of nitrogens with one attached hydrogen (secondary N) is 1. The summed E-state index contributed by atoms with van der Waals surface area (Å²) < 4.78 is 78.8. The van der Waals surface area contributed by atoms with Gasteiger partial charge >= 0.3 is 12.5 Å². The van der Waals surface area contributed by atoms with E-state index in [-0.39, 0.29) is 11.3 Å². The van der Waals surface area contributed by atoms with Crippen molar-refractivity contribution in [1.29, 1.82) is 0 Å². The van der Waals surface area contributed by atoms with Gasteiger partial charge < -0.3 is 15.2 Å². The largest absolute Gasteiger partial charge is 0.573 e. The molecule has 3 aromatic rings. The maximum absolute atomic E-state index is 12.8. The minimum absolute atomic E-state index is 0.108. The molecule has 0 unspecified atom stereocenters. The summed E-state index contributed by atoms with van der Waals surface area (Å²) in [6, 6.07) is 12.7. The Morgan fingerprint density at radius 2 is 1.48 bits per heavy atom. The van der Waals surface area contributed by atoms with E-state index in [9.17, 15) is 36.2 Å². The molecule has 4 nitrogen and oxygen atoms in total. The number of hydrogen-bond donors (Lipinski definition) is 2. The molecule has 0 aliphatic rings. The van der Waals surface area contributed by atoms with Gasteiger partial charge in [-0.25, -0.2) is 0 Å². The summed E-state index contributed by atoms with van der Waals surface area (Å²) >= 11 is 0. The number of amides is 1. The molecule has 31 heavy (non-hydrogen) atoms. The Balaban J connectivity index is 1.77. The summed E-state index contributed by atoms with van der Waals surface area (Å²) in [7, 11) is 0. The lowest BCUT2D eigenvalue weighted by Gasteiger charge is -2.12. The molecule has 1 amide bonds. The van der Waals surface area contributed by atoms with Crippen molar-refractivity contribution in [1.82, 2.24) is 0 Å². The van der Waals surface area contributed by atoms with E-state index in [1.54, 1.807) is 0 Å². The van der Waals surface area contributed by atoms with Crippen LogP contribution in [0.2, 0.25) is 0 Å². The lowest BCUT2D eigenvalue weighted by Crippen LogP contribution is -2.16. The van der Waals surface area contributed by atoms with Gasteiger partial charge in [-0.1, -0.05) is 24.3 Å². The average Bonchev–Trinajstić information content (AvgIpc) is 2.66. The molecule has 0 atom stereocenters. The molecule has 0 spiro atoms. The van der Waals surface area contributed by atoms with Crippen LogP contribution in [0.25, 0.3) is 11.1 Å². The van der Waals surface area contributed by atoms with Gasteiger partial charge in [-0.05, 0) is 53.6 Å². The van der Waals surface area contributed by atoms with E-state index in [1.807, 2.05) is 0 Å². The molecule has 3 aromatic carbocycles. The maximum atomic E-state index is 12.8. The highest BCUT2D eigenvalue weighted by molar-refractivity contribution is 6.06. The van der Waals surface area contributed by atoms with Crippen molar-refractivity contribution in [2.45, 2.75) is 12.5 Å². The predicted octanol–water partition coefficient (Wildman–Crippen LogP) is 6.23. The molecule has 3 rings (SSSR count). The quantitative estimate of drug-likeness (QED) is 0.472. The Morgan fingerprint density at radius 1 is 0.839 bits per heavy atom. The number of phenols is 1. The van der Waals surface area contributed by atoms with Gasteiger partial charge in [0.05, 0.1) is 11.1 Å². The van der Waals surface area contributed by atoms with Gasteiger partial charge in [0, 0.05) is 5.69 Å². The van der Waals surface area contributed by atoms with Crippen LogP contribution < -0.4 is 10.1 Å². The van der Waals surface area contributed by atoms with Gasteiger partial charge in [-0.2, -0.15) is 13.2 Å². The molecule has 0 aromatic heterocycles. The Morgan fingerprint density at radius 3 is 2.06 bits per heavy atom. The van der Waals surface area contributed by atoms with E-state index < -0.39 is 35.5 Å². The summed E-state index contributed by atoms with van der Waals surface area (Å²) in [4.78, 5) is 12.3. The first kappa shape index (κ1) is 22.0. The van der Waals surface area contributed by atoms with Crippen molar-refractivity contribution in [3.63, 3.8) is 0 Å². The van der Waals surface area contributed by atoms with Crippen LogP contribution in [0.4, 0.5) is 32.0 Å². The normalized spacial score (nSPS) is 11.8. The molecule has 0 saturated heterocycles. The van der Waals surface area contributed by atoms with Crippen molar-refractivity contribution in [3.05, 3.63) is 77.9 Å². The van der Waals surface area contributed by atoms with E-state index in [1.165, 1.54) is 36.4 Å². The van der Waals surface area contributed by atoms with Crippen LogP contribution in [0, 0.1) is 0 Å². The SMILES string of the molecule is O=C(Nc1cccc(C(F)(F)F)c1)c1ccc(-c2ccc(OC(F)(F)F)cc2)cc1O. The van der Waals surface area contributed by atoms with Crippen LogP contribution in [0.15, 0.2) is 66.7 Å². The third kappa shape index (κ3) is 5.68. The summed E-state index contributed by atoms with van der Waals surface area (Å²) in [5.74, 6) is -1.72. The first-order valence-corrected chi connectivity index (χ1v) is 8.60. The van der Waals surface area contributed by atoms with E-state index in [0.29, 0.717) is 11.1 Å². The standard InChI is InChI=1S/C21H13F6NO3/c22-20(23,24)14-2-1-3-15(11-14)28-19(30)17-9-6-13(10-18(17)29)12-4-7-16(8-5-12)31-21(25,26)27/h1-11,29H,(H,28,30). The second-order valence-corrected chi connectivity index (χ2v) is 6.34. The number of alkyl halides is 6. The molecule has 0 saturated carbocycles. The van der Waals surface area contributed by atoms with Crippen LogP contribution in [0.3, 0.4) is 0 Å². The number of carbonyl (C=O) groups is 1. The third-order valence-electron chi connectivity index (χ3n) is 4.11. The molecule has 162 valence electrons. The molecule has 0 aliphatic heterocycles. The number of rotatable bonds is 4. The smallest absolute Gasteiger partial charge is 0.507 e. The number of hydrogen-bond acceptors (Lipinski definition) is 3. The molecule has 0 aliphatic carbocycles. The zero-order valence-corrected chi connectivity index (χ0v) is 15.4. The molecular formula is C21H13F6NO3. The van der Waals surface area contributed by atoms with Crippen molar-refractivity contribution >= 4 is 11.6 Å². The highest BCUT2D eigenvalue weighted by atomic mass is 19.4. The number of benzene rings is 3. The van der Waals surface area contributed by atoms with Crippen molar-refractivity contribution in [2.75, 3.05) is 5.32 Å². The van der Waals surface area contributed by atoms with Gasteiger partial charge in [-0.3, -0.25) is 4.79 Å². The van der Waals surface area contributed by atoms with E-state index in [4.69, 9.17) is 0 Å². The fourth-order valence-electron chi connectivity index (χ4n) is 2.72. The maximum Gasteiger partial charge on any atom is 0.573 e.